The number of ether oxygens (including phenoxy) is 1. The summed E-state index contributed by atoms with van der Waals surface area (Å²) in [5, 5.41) is 1.23. The lowest BCUT2D eigenvalue weighted by Crippen LogP contribution is -2.27. The second-order valence-corrected chi connectivity index (χ2v) is 7.70. The Balaban J connectivity index is 2.16. The minimum atomic E-state index is -0.256. The fraction of sp³-hybridized carbons (Fsp3) is 0.550. The molecular weight excluding hydrogens is 286 g/mol. The van der Waals surface area contributed by atoms with Crippen molar-refractivity contribution in [1.29, 1.82) is 0 Å². The maximum atomic E-state index is 11.9. The molecular formula is C20H27NO2. The van der Waals surface area contributed by atoms with Gasteiger partial charge in [-0.25, -0.2) is 4.79 Å². The van der Waals surface area contributed by atoms with E-state index < -0.39 is 0 Å². The Morgan fingerprint density at radius 2 is 2.09 bits per heavy atom. The first kappa shape index (κ1) is 16.1. The van der Waals surface area contributed by atoms with Gasteiger partial charge in [-0.05, 0) is 61.3 Å². The molecule has 2 aromatic rings. The van der Waals surface area contributed by atoms with Crippen molar-refractivity contribution in [3.05, 3.63) is 35.0 Å². The molecule has 0 saturated heterocycles. The monoisotopic (exact) mass is 313 g/mol. The van der Waals surface area contributed by atoms with Crippen LogP contribution in [-0.4, -0.2) is 17.6 Å². The van der Waals surface area contributed by atoms with E-state index in [4.69, 9.17) is 4.74 Å². The zero-order chi connectivity index (χ0) is 16.8. The lowest BCUT2D eigenvalue weighted by molar-refractivity contribution is 0.0601. The van der Waals surface area contributed by atoms with Crippen molar-refractivity contribution in [3.8, 4) is 0 Å². The Labute approximate surface area is 138 Å². The first-order chi connectivity index (χ1) is 10.9. The number of carbonyl (C=O) groups excluding carboxylic acids is 1. The molecule has 3 nitrogen and oxygen atoms in total. The maximum Gasteiger partial charge on any atom is 0.337 e. The first-order valence-corrected chi connectivity index (χ1v) is 8.59. The molecule has 1 unspecified atom stereocenters. The van der Waals surface area contributed by atoms with Gasteiger partial charge in [0.05, 0.1) is 12.7 Å². The second kappa shape index (κ2) is 5.70. The highest BCUT2D eigenvalue weighted by molar-refractivity contribution is 5.96. The van der Waals surface area contributed by atoms with Crippen LogP contribution in [-0.2, 0) is 24.1 Å². The van der Waals surface area contributed by atoms with Gasteiger partial charge in [0.25, 0.3) is 0 Å². The van der Waals surface area contributed by atoms with Gasteiger partial charge in [-0.3, -0.25) is 0 Å². The third kappa shape index (κ3) is 2.66. The van der Waals surface area contributed by atoms with E-state index in [0.717, 1.165) is 19.4 Å². The van der Waals surface area contributed by atoms with Crippen LogP contribution in [0, 0.1) is 11.3 Å². The Kier molecular flexibility index (Phi) is 3.99. The topological polar surface area (TPSA) is 31.2 Å². The fourth-order valence-electron chi connectivity index (χ4n) is 4.00. The summed E-state index contributed by atoms with van der Waals surface area (Å²) in [6.07, 6.45) is 3.48. The largest absolute Gasteiger partial charge is 0.465 e. The number of benzene rings is 1. The summed E-state index contributed by atoms with van der Waals surface area (Å²) in [6, 6.07) is 5.99. The van der Waals surface area contributed by atoms with Gasteiger partial charge in [0.1, 0.15) is 0 Å². The van der Waals surface area contributed by atoms with Gasteiger partial charge in [0.15, 0.2) is 0 Å². The van der Waals surface area contributed by atoms with Crippen LogP contribution in [0.4, 0.5) is 0 Å². The van der Waals surface area contributed by atoms with E-state index in [1.54, 1.807) is 0 Å². The first-order valence-electron chi connectivity index (χ1n) is 8.59. The highest BCUT2D eigenvalue weighted by Gasteiger charge is 2.32. The lowest BCUT2D eigenvalue weighted by atomic mass is 9.71. The number of rotatable bonds is 2. The average molecular weight is 313 g/mol. The van der Waals surface area contributed by atoms with Gasteiger partial charge in [-0.1, -0.05) is 20.8 Å². The van der Waals surface area contributed by atoms with Gasteiger partial charge in [-0.15, -0.1) is 0 Å². The SMILES string of the molecule is CCn1c2c(c3cc(C(=O)OC)ccc31)CC(C(C)(C)C)CC2. The second-order valence-electron chi connectivity index (χ2n) is 7.70. The van der Waals surface area contributed by atoms with E-state index in [-0.39, 0.29) is 5.97 Å². The standard InChI is InChI=1S/C20H27NO2/c1-6-21-17-9-7-13(19(22)23-5)11-15(17)16-12-14(20(2,3)4)8-10-18(16)21/h7,9,11,14H,6,8,10,12H2,1-5H3. The van der Waals surface area contributed by atoms with E-state index in [0.29, 0.717) is 16.9 Å². The number of carbonyl (C=O) groups is 1. The molecule has 1 aliphatic carbocycles. The zero-order valence-electron chi connectivity index (χ0n) is 14.9. The van der Waals surface area contributed by atoms with Gasteiger partial charge in [-0.2, -0.15) is 0 Å². The summed E-state index contributed by atoms with van der Waals surface area (Å²) >= 11 is 0. The van der Waals surface area contributed by atoms with E-state index >= 15 is 0 Å². The Bertz CT molecular complexity index is 749. The quantitative estimate of drug-likeness (QED) is 0.759. The molecule has 1 aromatic heterocycles. The number of aryl methyl sites for hydroxylation is 1. The molecule has 3 heteroatoms. The average Bonchev–Trinajstić information content (AvgIpc) is 2.85. The minimum Gasteiger partial charge on any atom is -0.465 e. The van der Waals surface area contributed by atoms with Crippen LogP contribution in [0.2, 0.25) is 0 Å². The van der Waals surface area contributed by atoms with E-state index in [9.17, 15) is 4.79 Å². The van der Waals surface area contributed by atoms with Gasteiger partial charge >= 0.3 is 5.97 Å². The molecule has 0 amide bonds. The number of esters is 1. The molecule has 1 atom stereocenters. The maximum absolute atomic E-state index is 11.9. The number of methoxy groups -OCH3 is 1. The molecule has 124 valence electrons. The Morgan fingerprint density at radius 3 is 2.70 bits per heavy atom. The molecule has 1 aromatic carbocycles. The highest BCUT2D eigenvalue weighted by atomic mass is 16.5. The van der Waals surface area contributed by atoms with Crippen molar-refractivity contribution < 1.29 is 9.53 Å². The predicted octanol–water partition coefficient (Wildman–Crippen LogP) is 4.60. The van der Waals surface area contributed by atoms with Crippen LogP contribution in [0.15, 0.2) is 18.2 Å². The number of fused-ring (bicyclic) bond motifs is 3. The van der Waals surface area contributed by atoms with Crippen molar-refractivity contribution in [1.82, 2.24) is 4.57 Å². The van der Waals surface area contributed by atoms with E-state index in [1.807, 2.05) is 12.1 Å². The van der Waals surface area contributed by atoms with Crippen LogP contribution in [0.1, 0.15) is 55.7 Å². The molecule has 1 heterocycles. The summed E-state index contributed by atoms with van der Waals surface area (Å²) in [7, 11) is 1.44. The predicted molar refractivity (Wildman–Crippen MR) is 93.9 cm³/mol. The molecule has 1 aliphatic rings. The number of hydrogen-bond acceptors (Lipinski definition) is 2. The van der Waals surface area contributed by atoms with Crippen molar-refractivity contribution in [2.24, 2.45) is 11.3 Å². The van der Waals surface area contributed by atoms with Gasteiger partial charge in [0, 0.05) is 23.1 Å². The Morgan fingerprint density at radius 1 is 1.35 bits per heavy atom. The molecule has 0 bridgehead atoms. The van der Waals surface area contributed by atoms with Crippen LogP contribution in [0.25, 0.3) is 10.9 Å². The minimum absolute atomic E-state index is 0.256. The van der Waals surface area contributed by atoms with Gasteiger partial charge < -0.3 is 9.30 Å². The molecule has 3 rings (SSSR count). The molecule has 0 aliphatic heterocycles. The lowest BCUT2D eigenvalue weighted by Gasteiger charge is -2.34. The number of aromatic nitrogens is 1. The van der Waals surface area contributed by atoms with E-state index in [2.05, 4.69) is 38.3 Å². The van der Waals surface area contributed by atoms with Crippen molar-refractivity contribution in [2.45, 2.75) is 53.5 Å². The molecule has 0 radical (unpaired) electrons. The zero-order valence-corrected chi connectivity index (χ0v) is 14.9. The van der Waals surface area contributed by atoms with Crippen molar-refractivity contribution >= 4 is 16.9 Å². The molecule has 0 spiro atoms. The van der Waals surface area contributed by atoms with Crippen molar-refractivity contribution in [3.63, 3.8) is 0 Å². The fourth-order valence-corrected chi connectivity index (χ4v) is 4.00. The smallest absolute Gasteiger partial charge is 0.337 e. The third-order valence-electron chi connectivity index (χ3n) is 5.43. The molecule has 0 saturated carbocycles. The summed E-state index contributed by atoms with van der Waals surface area (Å²) in [6.45, 7) is 10.2. The van der Waals surface area contributed by atoms with Crippen molar-refractivity contribution in [2.75, 3.05) is 7.11 Å². The van der Waals surface area contributed by atoms with Crippen LogP contribution in [0.3, 0.4) is 0 Å². The van der Waals surface area contributed by atoms with Gasteiger partial charge in [0.2, 0.25) is 0 Å². The van der Waals surface area contributed by atoms with E-state index in [1.165, 1.54) is 35.7 Å². The molecule has 0 fully saturated rings. The molecule has 0 N–H and O–H groups in total. The van der Waals surface area contributed by atoms with Crippen LogP contribution in [0.5, 0.6) is 0 Å². The normalized spacial score (nSPS) is 18.0. The summed E-state index contributed by atoms with van der Waals surface area (Å²) < 4.78 is 7.31. The third-order valence-corrected chi connectivity index (χ3v) is 5.43. The summed E-state index contributed by atoms with van der Waals surface area (Å²) in [5.41, 5.74) is 5.12. The highest BCUT2D eigenvalue weighted by Crippen LogP contribution is 2.41. The van der Waals surface area contributed by atoms with Crippen LogP contribution < -0.4 is 0 Å². The molecule has 23 heavy (non-hydrogen) atoms. The number of hydrogen-bond donors (Lipinski definition) is 0. The Hall–Kier alpha value is -1.77. The summed E-state index contributed by atoms with van der Waals surface area (Å²) in [5.74, 6) is 0.431. The number of nitrogens with zero attached hydrogens (tertiary/aromatic N) is 1. The summed E-state index contributed by atoms with van der Waals surface area (Å²) in [4.78, 5) is 11.9. The van der Waals surface area contributed by atoms with Crippen LogP contribution >= 0.6 is 0 Å².